The van der Waals surface area contributed by atoms with Crippen LogP contribution in [0.2, 0.25) is 5.02 Å². The Bertz CT molecular complexity index is 1230. The van der Waals surface area contributed by atoms with Gasteiger partial charge in [0, 0.05) is 17.5 Å². The molecule has 0 unspecified atom stereocenters. The Kier molecular flexibility index (Phi) is 9.39. The van der Waals surface area contributed by atoms with Crippen LogP contribution in [0.5, 0.6) is 5.75 Å². The third-order valence-corrected chi connectivity index (χ3v) is 5.58. The number of nitrogens with zero attached hydrogens (tertiary/aromatic N) is 2. The number of nitriles is 1. The van der Waals surface area contributed by atoms with Crippen molar-refractivity contribution >= 4 is 35.5 Å². The molecule has 0 bridgehead atoms. The van der Waals surface area contributed by atoms with Crippen LogP contribution < -0.4 is 4.74 Å². The van der Waals surface area contributed by atoms with Crippen LogP contribution in [-0.4, -0.2) is 49.0 Å². The number of carbonyl (C=O) groups is 3. The number of halogens is 1. The number of benzene rings is 2. The zero-order valence-corrected chi connectivity index (χ0v) is 20.7. The van der Waals surface area contributed by atoms with E-state index in [1.165, 1.54) is 6.92 Å². The van der Waals surface area contributed by atoms with E-state index in [1.807, 2.05) is 18.2 Å². The van der Waals surface area contributed by atoms with Crippen molar-refractivity contribution in [3.05, 3.63) is 81.4 Å². The standard InChI is InChI=1S/C27H25ClN2O6/c1-18-24(15-20-5-9-23(10-6-20)36-17-21-3-7-22(28)8-4-21)26(32)30(27(33)25(18)16-29)11-12-34-13-14-35-19(2)31/h3-10,15H,11-14,17H2,1-2H3/b24-15+. The number of amides is 2. The first-order valence-electron chi connectivity index (χ1n) is 11.2. The molecular weight excluding hydrogens is 484 g/mol. The third kappa shape index (κ3) is 7.04. The van der Waals surface area contributed by atoms with Gasteiger partial charge in [-0.1, -0.05) is 35.9 Å². The van der Waals surface area contributed by atoms with Crippen LogP contribution in [-0.2, 0) is 30.5 Å². The van der Waals surface area contributed by atoms with E-state index in [4.69, 9.17) is 25.8 Å². The monoisotopic (exact) mass is 508 g/mol. The van der Waals surface area contributed by atoms with Crippen LogP contribution >= 0.6 is 11.6 Å². The lowest BCUT2D eigenvalue weighted by molar-refractivity contribution is -0.142. The number of hydrogen-bond donors (Lipinski definition) is 0. The van der Waals surface area contributed by atoms with Gasteiger partial charge in [0.15, 0.2) is 0 Å². The Morgan fingerprint density at radius 3 is 2.36 bits per heavy atom. The van der Waals surface area contributed by atoms with Crippen molar-refractivity contribution in [2.45, 2.75) is 20.5 Å². The molecule has 0 N–H and O–H groups in total. The van der Waals surface area contributed by atoms with Gasteiger partial charge in [-0.25, -0.2) is 0 Å². The van der Waals surface area contributed by atoms with Crippen molar-refractivity contribution in [1.82, 2.24) is 4.90 Å². The summed E-state index contributed by atoms with van der Waals surface area (Å²) in [6.07, 6.45) is 1.64. The SMILES string of the molecule is CC(=O)OCCOCCN1C(=O)C(C#N)=C(C)/C(=C\c2ccc(OCc3ccc(Cl)cc3)cc2)C1=O. The van der Waals surface area contributed by atoms with Gasteiger partial charge in [-0.15, -0.1) is 0 Å². The smallest absolute Gasteiger partial charge is 0.302 e. The molecule has 8 nitrogen and oxygen atoms in total. The lowest BCUT2D eigenvalue weighted by atomic mass is 9.93. The minimum atomic E-state index is -0.660. The summed E-state index contributed by atoms with van der Waals surface area (Å²) >= 11 is 5.90. The highest BCUT2D eigenvalue weighted by molar-refractivity contribution is 6.30. The summed E-state index contributed by atoms with van der Waals surface area (Å²) in [6.45, 7) is 3.46. The van der Waals surface area contributed by atoms with Crippen LogP contribution in [0.3, 0.4) is 0 Å². The Balaban J connectivity index is 1.68. The number of ether oxygens (including phenoxy) is 3. The summed E-state index contributed by atoms with van der Waals surface area (Å²) in [6, 6.07) is 16.4. The van der Waals surface area contributed by atoms with Crippen molar-refractivity contribution in [2.24, 2.45) is 0 Å². The molecule has 2 aromatic carbocycles. The zero-order chi connectivity index (χ0) is 26.1. The van der Waals surface area contributed by atoms with Crippen molar-refractivity contribution in [3.8, 4) is 11.8 Å². The fourth-order valence-electron chi connectivity index (χ4n) is 3.41. The molecule has 0 spiro atoms. The van der Waals surface area contributed by atoms with Crippen LogP contribution in [0.4, 0.5) is 0 Å². The van der Waals surface area contributed by atoms with Gasteiger partial charge in [-0.2, -0.15) is 5.26 Å². The van der Waals surface area contributed by atoms with E-state index in [0.29, 0.717) is 28.5 Å². The van der Waals surface area contributed by atoms with Crippen molar-refractivity contribution < 1.29 is 28.6 Å². The Labute approximate surface area is 214 Å². The quantitative estimate of drug-likeness (QED) is 0.206. The van der Waals surface area contributed by atoms with Crippen LogP contribution in [0, 0.1) is 11.3 Å². The van der Waals surface area contributed by atoms with Gasteiger partial charge in [0.2, 0.25) is 0 Å². The van der Waals surface area contributed by atoms with E-state index >= 15 is 0 Å². The largest absolute Gasteiger partial charge is 0.489 e. The van der Waals surface area contributed by atoms with Crippen LogP contribution in [0.15, 0.2) is 65.3 Å². The number of carbonyl (C=O) groups excluding carboxylic acids is 3. The Morgan fingerprint density at radius 2 is 1.72 bits per heavy atom. The number of imide groups is 1. The number of hydrogen-bond acceptors (Lipinski definition) is 7. The molecule has 1 aliphatic rings. The lowest BCUT2D eigenvalue weighted by Gasteiger charge is -2.27. The molecule has 0 fully saturated rings. The highest BCUT2D eigenvalue weighted by Crippen LogP contribution is 2.27. The maximum Gasteiger partial charge on any atom is 0.302 e. The normalized spacial score (nSPS) is 14.7. The van der Waals surface area contributed by atoms with Gasteiger partial charge in [-0.05, 0) is 54.0 Å². The minimum Gasteiger partial charge on any atom is -0.489 e. The Hall–Kier alpha value is -3.93. The number of esters is 1. The molecule has 0 aromatic heterocycles. The fraction of sp³-hybridized carbons (Fsp3) is 0.259. The summed E-state index contributed by atoms with van der Waals surface area (Å²) in [5.74, 6) is -0.945. The Morgan fingerprint density at radius 1 is 1.03 bits per heavy atom. The van der Waals surface area contributed by atoms with E-state index in [0.717, 1.165) is 10.5 Å². The van der Waals surface area contributed by atoms with Crippen molar-refractivity contribution in [3.63, 3.8) is 0 Å². The molecule has 36 heavy (non-hydrogen) atoms. The molecule has 2 aromatic rings. The molecule has 1 aliphatic heterocycles. The first-order valence-corrected chi connectivity index (χ1v) is 11.6. The first-order chi connectivity index (χ1) is 17.3. The average molecular weight is 509 g/mol. The third-order valence-electron chi connectivity index (χ3n) is 5.33. The molecule has 0 aliphatic carbocycles. The van der Waals surface area contributed by atoms with E-state index < -0.39 is 17.8 Å². The lowest BCUT2D eigenvalue weighted by Crippen LogP contribution is -2.44. The molecular formula is C27H25ClN2O6. The second-order valence-electron chi connectivity index (χ2n) is 7.87. The van der Waals surface area contributed by atoms with Gasteiger partial charge >= 0.3 is 5.97 Å². The van der Waals surface area contributed by atoms with Crippen LogP contribution in [0.25, 0.3) is 6.08 Å². The average Bonchev–Trinajstić information content (AvgIpc) is 2.86. The fourth-order valence-corrected chi connectivity index (χ4v) is 3.54. The van der Waals surface area contributed by atoms with Gasteiger partial charge in [0.25, 0.3) is 11.8 Å². The summed E-state index contributed by atoms with van der Waals surface area (Å²) in [5, 5.41) is 10.2. The summed E-state index contributed by atoms with van der Waals surface area (Å²) < 4.78 is 15.9. The van der Waals surface area contributed by atoms with E-state index in [1.54, 1.807) is 49.4 Å². The first kappa shape index (κ1) is 26.7. The van der Waals surface area contributed by atoms with E-state index in [2.05, 4.69) is 0 Å². The van der Waals surface area contributed by atoms with Crippen LogP contribution in [0.1, 0.15) is 25.0 Å². The molecule has 0 saturated heterocycles. The van der Waals surface area contributed by atoms with E-state index in [9.17, 15) is 19.6 Å². The van der Waals surface area contributed by atoms with Gasteiger partial charge in [0.05, 0.1) is 19.8 Å². The van der Waals surface area contributed by atoms with E-state index in [-0.39, 0.29) is 37.5 Å². The second kappa shape index (κ2) is 12.7. The molecule has 1 heterocycles. The van der Waals surface area contributed by atoms with Gasteiger partial charge in [0.1, 0.15) is 30.6 Å². The maximum atomic E-state index is 13.1. The maximum absolute atomic E-state index is 13.1. The van der Waals surface area contributed by atoms with Gasteiger partial charge < -0.3 is 14.2 Å². The molecule has 0 radical (unpaired) electrons. The molecule has 0 saturated carbocycles. The van der Waals surface area contributed by atoms with Crippen molar-refractivity contribution in [1.29, 1.82) is 5.26 Å². The molecule has 9 heteroatoms. The summed E-state index contributed by atoms with van der Waals surface area (Å²) in [5.41, 5.74) is 2.16. The molecule has 2 amide bonds. The number of rotatable bonds is 10. The zero-order valence-electron chi connectivity index (χ0n) is 20.0. The molecule has 3 rings (SSSR count). The minimum absolute atomic E-state index is 0.0367. The predicted octanol–water partition coefficient (Wildman–Crippen LogP) is 4.09. The highest BCUT2D eigenvalue weighted by Gasteiger charge is 2.35. The summed E-state index contributed by atoms with van der Waals surface area (Å²) in [7, 11) is 0. The topological polar surface area (TPSA) is 106 Å². The summed E-state index contributed by atoms with van der Waals surface area (Å²) in [4.78, 5) is 37.6. The predicted molar refractivity (Wildman–Crippen MR) is 133 cm³/mol. The highest BCUT2D eigenvalue weighted by atomic mass is 35.5. The van der Waals surface area contributed by atoms with Crippen molar-refractivity contribution in [2.75, 3.05) is 26.4 Å². The van der Waals surface area contributed by atoms with Gasteiger partial charge in [-0.3, -0.25) is 19.3 Å². The molecule has 0 atom stereocenters. The molecule has 186 valence electrons. The second-order valence-corrected chi connectivity index (χ2v) is 8.30.